The van der Waals surface area contributed by atoms with Crippen molar-refractivity contribution in [2.75, 3.05) is 23.5 Å². The second-order valence-corrected chi connectivity index (χ2v) is 8.96. The third-order valence-electron chi connectivity index (χ3n) is 4.77. The molecule has 4 heterocycles. The van der Waals surface area contributed by atoms with Gasteiger partial charge in [-0.3, -0.25) is 9.36 Å². The number of aromatic nitrogens is 4. The molecule has 2 saturated heterocycles. The number of carbonyl (C=O) groups is 1. The lowest BCUT2D eigenvalue weighted by molar-refractivity contribution is -0.461. The maximum Gasteiger partial charge on any atom is 0.320 e. The molecule has 6 atom stereocenters. The average molecular weight is 397 g/mol. The minimum atomic E-state index is -0.979. The van der Waals surface area contributed by atoms with Gasteiger partial charge in [0.1, 0.15) is 35.5 Å². The molecule has 0 spiro atoms. The monoisotopic (exact) mass is 397 g/mol. The molecule has 2 aliphatic rings. The van der Waals surface area contributed by atoms with Gasteiger partial charge in [0.05, 0.1) is 12.6 Å². The average Bonchev–Trinajstić information content (AvgIpc) is 3.12. The number of fused-ring (bicyclic) bond motifs is 2. The Bertz CT molecular complexity index is 849. The topological polar surface area (TPSA) is 161 Å². The van der Waals surface area contributed by atoms with Crippen LogP contribution in [0.1, 0.15) is 12.6 Å². The van der Waals surface area contributed by atoms with Crippen molar-refractivity contribution in [3.63, 3.8) is 0 Å². The fourth-order valence-electron chi connectivity index (χ4n) is 3.23. The highest BCUT2D eigenvalue weighted by Gasteiger charge is 2.57. The van der Waals surface area contributed by atoms with E-state index < -0.39 is 18.2 Å². The Balaban J connectivity index is 1.44. The summed E-state index contributed by atoms with van der Waals surface area (Å²) < 4.78 is 7.98. The number of imidazole rings is 1. The zero-order chi connectivity index (χ0) is 19.1. The summed E-state index contributed by atoms with van der Waals surface area (Å²) in [5.74, 6) is 0.777. The number of aliphatic carboxylic acids is 1. The van der Waals surface area contributed by atoms with Crippen molar-refractivity contribution >= 4 is 33.8 Å². The van der Waals surface area contributed by atoms with E-state index in [0.717, 1.165) is 5.75 Å². The maximum absolute atomic E-state index is 10.9. The third-order valence-corrected chi connectivity index (χ3v) is 6.60. The molecule has 0 saturated carbocycles. The highest BCUT2D eigenvalue weighted by atomic mass is 32.2. The highest BCUT2D eigenvalue weighted by molar-refractivity contribution is 7.96. The number of anilines is 1. The van der Waals surface area contributed by atoms with Crippen molar-refractivity contribution < 1.29 is 24.4 Å². The summed E-state index contributed by atoms with van der Waals surface area (Å²) in [5.41, 5.74) is 12.5. The Hall–Kier alpha value is -1.99. The van der Waals surface area contributed by atoms with Crippen LogP contribution in [0.2, 0.25) is 0 Å². The summed E-state index contributed by atoms with van der Waals surface area (Å²) in [5, 5.41) is 8.90. The van der Waals surface area contributed by atoms with E-state index in [0.29, 0.717) is 29.2 Å². The molecular weight excluding hydrogens is 376 g/mol. The van der Waals surface area contributed by atoms with Crippen molar-refractivity contribution in [3.05, 3.63) is 12.7 Å². The van der Waals surface area contributed by atoms with Crippen LogP contribution in [-0.2, 0) is 30.2 Å². The molecule has 2 aromatic rings. The maximum atomic E-state index is 10.9. The lowest BCUT2D eigenvalue weighted by atomic mass is 10.1. The number of hydrogen-bond donors (Lipinski definition) is 3. The van der Waals surface area contributed by atoms with E-state index in [-0.39, 0.29) is 29.2 Å². The normalized spacial score (nSPS) is 29.3. The van der Waals surface area contributed by atoms with E-state index >= 15 is 0 Å². The van der Waals surface area contributed by atoms with Crippen LogP contribution in [-0.4, -0.2) is 72.7 Å². The zero-order valence-corrected chi connectivity index (χ0v) is 15.4. The van der Waals surface area contributed by atoms with Gasteiger partial charge in [0.15, 0.2) is 29.9 Å². The summed E-state index contributed by atoms with van der Waals surface area (Å²) in [6.45, 7) is 0. The van der Waals surface area contributed by atoms with Gasteiger partial charge >= 0.3 is 5.97 Å². The standard InChI is InChI=1S/C15H20N6O5S/c1-27(3-2-7(16)15(22)23)4-8-10-11(26-25-10)14(24-8)21-6-20-9-12(17)18-5-19-13(9)21/h5-8,10-11,14H,2-4,16H2,1H3,(H2-,17,18,19,22,23)/p+1/t7-,8+,10+,11+,14+,27?/m0/s1. The second kappa shape index (κ2) is 7.20. The summed E-state index contributed by atoms with van der Waals surface area (Å²) >= 11 is 0. The molecule has 5 N–H and O–H groups in total. The molecule has 2 aromatic heterocycles. The highest BCUT2D eigenvalue weighted by Crippen LogP contribution is 2.41. The molecule has 27 heavy (non-hydrogen) atoms. The Morgan fingerprint density at radius 2 is 2.15 bits per heavy atom. The van der Waals surface area contributed by atoms with Gasteiger partial charge < -0.3 is 21.3 Å². The smallest absolute Gasteiger partial charge is 0.320 e. The minimum Gasteiger partial charge on any atom is -0.480 e. The van der Waals surface area contributed by atoms with E-state index in [1.807, 2.05) is 0 Å². The van der Waals surface area contributed by atoms with Crippen molar-refractivity contribution in [1.82, 2.24) is 19.5 Å². The van der Waals surface area contributed by atoms with Gasteiger partial charge in [0.25, 0.3) is 0 Å². The largest absolute Gasteiger partial charge is 0.480 e. The molecule has 12 heteroatoms. The first-order valence-corrected chi connectivity index (χ1v) is 10.4. The molecule has 0 bridgehead atoms. The predicted octanol–water partition coefficient (Wildman–Crippen LogP) is -0.945. The van der Waals surface area contributed by atoms with E-state index in [4.69, 9.17) is 31.1 Å². The number of ether oxygens (including phenoxy) is 1. The lowest BCUT2D eigenvalue weighted by Gasteiger charge is -2.31. The van der Waals surface area contributed by atoms with Crippen LogP contribution in [0.3, 0.4) is 0 Å². The summed E-state index contributed by atoms with van der Waals surface area (Å²) in [7, 11) is -0.0656. The number of nitrogen functional groups attached to an aromatic ring is 1. The molecular formula is C15H21N6O5S+. The molecule has 11 nitrogen and oxygen atoms in total. The van der Waals surface area contributed by atoms with Gasteiger partial charge in [-0.1, -0.05) is 0 Å². The van der Waals surface area contributed by atoms with Crippen molar-refractivity contribution in [3.8, 4) is 0 Å². The van der Waals surface area contributed by atoms with E-state index in [9.17, 15) is 4.79 Å². The fraction of sp³-hybridized carbons (Fsp3) is 0.600. The van der Waals surface area contributed by atoms with E-state index in [1.165, 1.54) is 6.33 Å². The van der Waals surface area contributed by atoms with E-state index in [2.05, 4.69) is 21.2 Å². The first-order chi connectivity index (χ1) is 13.0. The number of carboxylic acids is 1. The molecule has 0 amide bonds. The van der Waals surface area contributed by atoms with Gasteiger partial charge in [0.2, 0.25) is 0 Å². The van der Waals surface area contributed by atoms with Crippen molar-refractivity contribution in [2.45, 2.75) is 37.0 Å². The molecule has 0 aliphatic carbocycles. The van der Waals surface area contributed by atoms with Crippen molar-refractivity contribution in [2.24, 2.45) is 5.73 Å². The van der Waals surface area contributed by atoms with Crippen LogP contribution >= 0.6 is 0 Å². The fourth-order valence-corrected chi connectivity index (χ4v) is 4.88. The molecule has 146 valence electrons. The van der Waals surface area contributed by atoms with Gasteiger partial charge in [-0.2, -0.15) is 0 Å². The van der Waals surface area contributed by atoms with Crippen LogP contribution in [0.5, 0.6) is 0 Å². The van der Waals surface area contributed by atoms with Gasteiger partial charge in [0, 0.05) is 6.42 Å². The second-order valence-electron chi connectivity index (χ2n) is 6.66. The molecule has 0 aromatic carbocycles. The molecule has 4 rings (SSSR count). The minimum absolute atomic E-state index is 0.0656. The number of nitrogens with zero attached hydrogens (tertiary/aromatic N) is 4. The van der Waals surface area contributed by atoms with Crippen LogP contribution in [0.4, 0.5) is 5.82 Å². The quantitative estimate of drug-likeness (QED) is 0.392. The number of carboxylic acid groups (broad SMARTS) is 1. The SMILES string of the molecule is C[S+](CC[C@H](N)C(=O)O)C[C@H]1O[C@@H](n2cnc3c(N)ncnc32)[C@@H]2OO[C@@H]21. The van der Waals surface area contributed by atoms with E-state index in [1.54, 1.807) is 10.9 Å². The molecule has 0 radical (unpaired) electrons. The predicted molar refractivity (Wildman–Crippen MR) is 96.6 cm³/mol. The first-order valence-electron chi connectivity index (χ1n) is 8.44. The Kier molecular flexibility index (Phi) is 4.90. The van der Waals surface area contributed by atoms with Crippen molar-refractivity contribution in [1.29, 1.82) is 0 Å². The van der Waals surface area contributed by atoms with Crippen LogP contribution in [0.15, 0.2) is 12.7 Å². The molecule has 1 unspecified atom stereocenters. The number of rotatable bonds is 7. The van der Waals surface area contributed by atoms with Gasteiger partial charge in [-0.25, -0.2) is 24.7 Å². The molecule has 2 fully saturated rings. The number of hydrogen-bond acceptors (Lipinski definition) is 9. The van der Waals surface area contributed by atoms with Gasteiger partial charge in [-0.05, 0) is 10.9 Å². The molecule has 2 aliphatic heterocycles. The van der Waals surface area contributed by atoms with Gasteiger partial charge in [-0.15, -0.1) is 0 Å². The number of nitrogens with two attached hydrogens (primary N) is 2. The van der Waals surface area contributed by atoms with Crippen LogP contribution < -0.4 is 11.5 Å². The van der Waals surface area contributed by atoms with Crippen LogP contribution in [0, 0.1) is 0 Å². The Morgan fingerprint density at radius 1 is 1.37 bits per heavy atom. The summed E-state index contributed by atoms with van der Waals surface area (Å²) in [4.78, 5) is 33.8. The summed E-state index contributed by atoms with van der Waals surface area (Å²) in [6, 6.07) is -0.837. The third kappa shape index (κ3) is 3.34. The summed E-state index contributed by atoms with van der Waals surface area (Å²) in [6.07, 6.45) is 4.45. The zero-order valence-electron chi connectivity index (χ0n) is 14.6. The first kappa shape index (κ1) is 18.4. The lowest BCUT2D eigenvalue weighted by Crippen LogP contribution is -2.48. The Morgan fingerprint density at radius 3 is 2.85 bits per heavy atom. The Labute approximate surface area is 157 Å². The van der Waals surface area contributed by atoms with Crippen LogP contribution in [0.25, 0.3) is 11.2 Å².